The van der Waals surface area contributed by atoms with E-state index in [0.717, 1.165) is 11.0 Å². The molecule has 0 aromatic heterocycles. The zero-order chi connectivity index (χ0) is 14.9. The van der Waals surface area contributed by atoms with Gasteiger partial charge in [-0.1, -0.05) is 19.9 Å². The molecule has 1 aliphatic heterocycles. The number of rotatable bonds is 2. The van der Waals surface area contributed by atoms with Crippen LogP contribution in [0.3, 0.4) is 0 Å². The molecule has 0 bridgehead atoms. The zero-order valence-electron chi connectivity index (χ0n) is 11.3. The van der Waals surface area contributed by atoms with Gasteiger partial charge < -0.3 is 10.2 Å². The summed E-state index contributed by atoms with van der Waals surface area (Å²) < 4.78 is 27.1. The van der Waals surface area contributed by atoms with Crippen molar-refractivity contribution in [2.45, 2.75) is 26.3 Å². The summed E-state index contributed by atoms with van der Waals surface area (Å²) in [5.41, 5.74) is -0.128. The lowest BCUT2D eigenvalue weighted by Gasteiger charge is -2.26. The van der Waals surface area contributed by atoms with Crippen LogP contribution in [-0.2, 0) is 9.59 Å². The van der Waals surface area contributed by atoms with Gasteiger partial charge in [-0.15, -0.1) is 0 Å². The first-order valence-electron chi connectivity index (χ1n) is 6.46. The van der Waals surface area contributed by atoms with E-state index in [4.69, 9.17) is 0 Å². The molecule has 2 rings (SSSR count). The van der Waals surface area contributed by atoms with Gasteiger partial charge >= 0.3 is 0 Å². The molecule has 1 aromatic carbocycles. The standard InChI is InChI=1S/C14H16F2N2O2/c1-8(2)13-14(20)18(7-6-11(19)17-13)10-5-3-4-9(15)12(10)16/h3-5,8,13H,6-7H2,1-2H3,(H,17,19). The Balaban J connectivity index is 2.41. The number of carbonyl (C=O) groups excluding carboxylic acids is 2. The molecule has 0 spiro atoms. The van der Waals surface area contributed by atoms with Crippen molar-refractivity contribution in [3.05, 3.63) is 29.8 Å². The summed E-state index contributed by atoms with van der Waals surface area (Å²) in [6.07, 6.45) is 0.0604. The number of anilines is 1. The van der Waals surface area contributed by atoms with Crippen molar-refractivity contribution in [2.75, 3.05) is 11.4 Å². The van der Waals surface area contributed by atoms with Crippen LogP contribution in [0.5, 0.6) is 0 Å². The van der Waals surface area contributed by atoms with Gasteiger partial charge in [0.1, 0.15) is 6.04 Å². The summed E-state index contributed by atoms with van der Waals surface area (Å²) in [5, 5.41) is 2.62. The van der Waals surface area contributed by atoms with Crippen LogP contribution in [0, 0.1) is 17.6 Å². The van der Waals surface area contributed by atoms with Crippen LogP contribution in [0.25, 0.3) is 0 Å². The van der Waals surface area contributed by atoms with E-state index in [1.165, 1.54) is 12.1 Å². The second kappa shape index (κ2) is 5.56. The molecule has 1 aromatic rings. The Morgan fingerprint density at radius 2 is 2.00 bits per heavy atom. The molecule has 0 radical (unpaired) electrons. The highest BCUT2D eigenvalue weighted by Crippen LogP contribution is 2.24. The third-order valence-corrected chi connectivity index (χ3v) is 3.30. The molecule has 108 valence electrons. The fourth-order valence-corrected chi connectivity index (χ4v) is 2.19. The predicted molar refractivity (Wildman–Crippen MR) is 70.1 cm³/mol. The lowest BCUT2D eigenvalue weighted by Crippen LogP contribution is -2.48. The molecule has 1 aliphatic rings. The van der Waals surface area contributed by atoms with Gasteiger partial charge in [-0.3, -0.25) is 9.59 Å². The van der Waals surface area contributed by atoms with Crippen molar-refractivity contribution in [1.29, 1.82) is 0 Å². The lowest BCUT2D eigenvalue weighted by atomic mass is 10.0. The van der Waals surface area contributed by atoms with Gasteiger partial charge in [-0.2, -0.15) is 0 Å². The minimum Gasteiger partial charge on any atom is -0.344 e. The maximum absolute atomic E-state index is 13.8. The highest BCUT2D eigenvalue weighted by Gasteiger charge is 2.34. The number of hydrogen-bond acceptors (Lipinski definition) is 2. The van der Waals surface area contributed by atoms with Crippen LogP contribution in [0.2, 0.25) is 0 Å². The van der Waals surface area contributed by atoms with Crippen LogP contribution >= 0.6 is 0 Å². The van der Waals surface area contributed by atoms with Gasteiger partial charge in [0, 0.05) is 13.0 Å². The van der Waals surface area contributed by atoms with E-state index in [2.05, 4.69) is 5.32 Å². The van der Waals surface area contributed by atoms with Gasteiger partial charge in [-0.05, 0) is 18.1 Å². The molecular weight excluding hydrogens is 266 g/mol. The van der Waals surface area contributed by atoms with Crippen LogP contribution in [0.4, 0.5) is 14.5 Å². The summed E-state index contributed by atoms with van der Waals surface area (Å²) in [6, 6.07) is 2.94. The van der Waals surface area contributed by atoms with Crippen LogP contribution in [0.15, 0.2) is 18.2 Å². The summed E-state index contributed by atoms with van der Waals surface area (Å²) in [6.45, 7) is 3.61. The molecule has 4 nitrogen and oxygen atoms in total. The van der Waals surface area contributed by atoms with Crippen molar-refractivity contribution in [3.63, 3.8) is 0 Å². The van der Waals surface area contributed by atoms with E-state index in [0.29, 0.717) is 0 Å². The summed E-state index contributed by atoms with van der Waals surface area (Å²) in [5.74, 6) is -2.91. The quantitative estimate of drug-likeness (QED) is 0.900. The number of halogens is 2. The fraction of sp³-hybridized carbons (Fsp3) is 0.429. The van der Waals surface area contributed by atoms with E-state index in [1.807, 2.05) is 0 Å². The van der Waals surface area contributed by atoms with Crippen molar-refractivity contribution < 1.29 is 18.4 Å². The van der Waals surface area contributed by atoms with Crippen molar-refractivity contribution in [2.24, 2.45) is 5.92 Å². The van der Waals surface area contributed by atoms with E-state index >= 15 is 0 Å². The zero-order valence-corrected chi connectivity index (χ0v) is 11.3. The number of benzene rings is 1. The minimum absolute atomic E-state index is 0.0360. The van der Waals surface area contributed by atoms with Crippen molar-refractivity contribution >= 4 is 17.5 Å². The number of hydrogen-bond donors (Lipinski definition) is 1. The Morgan fingerprint density at radius 3 is 2.65 bits per heavy atom. The smallest absolute Gasteiger partial charge is 0.249 e. The maximum Gasteiger partial charge on any atom is 0.249 e. The molecule has 1 unspecified atom stereocenters. The number of carbonyl (C=O) groups is 2. The Hall–Kier alpha value is -1.98. The average molecular weight is 282 g/mol. The second-order valence-electron chi connectivity index (χ2n) is 5.10. The van der Waals surface area contributed by atoms with E-state index < -0.39 is 23.6 Å². The van der Waals surface area contributed by atoms with Crippen molar-refractivity contribution in [1.82, 2.24) is 5.32 Å². The third kappa shape index (κ3) is 2.64. The lowest BCUT2D eigenvalue weighted by molar-refractivity contribution is -0.126. The maximum atomic E-state index is 13.8. The number of nitrogens with one attached hydrogen (secondary N) is 1. The molecule has 20 heavy (non-hydrogen) atoms. The SMILES string of the molecule is CC(C)C1NC(=O)CCN(c2cccc(F)c2F)C1=O. The van der Waals surface area contributed by atoms with E-state index in [1.54, 1.807) is 13.8 Å². The molecule has 6 heteroatoms. The third-order valence-electron chi connectivity index (χ3n) is 3.30. The van der Waals surface area contributed by atoms with Gasteiger partial charge in [0.25, 0.3) is 0 Å². The molecule has 1 atom stereocenters. The van der Waals surface area contributed by atoms with Crippen LogP contribution in [-0.4, -0.2) is 24.4 Å². The largest absolute Gasteiger partial charge is 0.344 e. The number of amides is 2. The Labute approximate surface area is 115 Å². The average Bonchev–Trinajstić information content (AvgIpc) is 2.53. The summed E-state index contributed by atoms with van der Waals surface area (Å²) in [4.78, 5) is 25.2. The normalized spacial score (nSPS) is 20.1. The first-order chi connectivity index (χ1) is 9.41. The van der Waals surface area contributed by atoms with Crippen LogP contribution < -0.4 is 10.2 Å². The van der Waals surface area contributed by atoms with Gasteiger partial charge in [0.05, 0.1) is 5.69 Å². The minimum atomic E-state index is -1.07. The Morgan fingerprint density at radius 1 is 1.30 bits per heavy atom. The molecule has 0 aliphatic carbocycles. The molecule has 1 heterocycles. The molecule has 0 saturated carbocycles. The first kappa shape index (κ1) is 14.4. The van der Waals surface area contributed by atoms with Gasteiger partial charge in [0.15, 0.2) is 11.6 Å². The summed E-state index contributed by atoms with van der Waals surface area (Å²) >= 11 is 0. The highest BCUT2D eigenvalue weighted by molar-refractivity contribution is 6.01. The van der Waals surface area contributed by atoms with Gasteiger partial charge in [0.2, 0.25) is 11.8 Å². The topological polar surface area (TPSA) is 49.4 Å². The molecule has 2 amide bonds. The monoisotopic (exact) mass is 282 g/mol. The molecule has 1 saturated heterocycles. The van der Waals surface area contributed by atoms with E-state index in [-0.39, 0.29) is 30.5 Å². The highest BCUT2D eigenvalue weighted by atomic mass is 19.2. The number of nitrogens with zero attached hydrogens (tertiary/aromatic N) is 1. The predicted octanol–water partition coefficient (Wildman–Crippen LogP) is 1.84. The first-order valence-corrected chi connectivity index (χ1v) is 6.46. The van der Waals surface area contributed by atoms with Gasteiger partial charge in [-0.25, -0.2) is 8.78 Å². The molecule has 1 N–H and O–H groups in total. The fourth-order valence-electron chi connectivity index (χ4n) is 2.19. The van der Waals surface area contributed by atoms with Crippen molar-refractivity contribution in [3.8, 4) is 0 Å². The van der Waals surface area contributed by atoms with Crippen LogP contribution in [0.1, 0.15) is 20.3 Å². The summed E-state index contributed by atoms with van der Waals surface area (Å²) in [7, 11) is 0. The van der Waals surface area contributed by atoms with E-state index in [9.17, 15) is 18.4 Å². The Bertz CT molecular complexity index is 546. The Kier molecular flexibility index (Phi) is 4.01. The molecule has 1 fully saturated rings. The molecular formula is C14H16F2N2O2. The second-order valence-corrected chi connectivity index (χ2v) is 5.10.